The van der Waals surface area contributed by atoms with Gasteiger partial charge in [-0.2, -0.15) is 0 Å². The largest absolute Gasteiger partial charge is 0.390 e. The summed E-state index contributed by atoms with van der Waals surface area (Å²) in [6.07, 6.45) is -1.94. The van der Waals surface area contributed by atoms with Crippen LogP contribution in [0, 0.1) is 0 Å². The maximum Gasteiger partial charge on any atom is 0.188 e. The van der Waals surface area contributed by atoms with Gasteiger partial charge in [-0.25, -0.2) is 0 Å². The van der Waals surface area contributed by atoms with Gasteiger partial charge in [0.25, 0.3) is 0 Å². The van der Waals surface area contributed by atoms with Crippen molar-refractivity contribution in [1.29, 1.82) is 0 Å². The van der Waals surface area contributed by atoms with E-state index in [4.69, 9.17) is 17.3 Å². The lowest BCUT2D eigenvalue weighted by molar-refractivity contribution is -0.144. The maximum atomic E-state index is 12.0. The highest BCUT2D eigenvalue weighted by Crippen LogP contribution is 2.35. The van der Waals surface area contributed by atoms with Crippen molar-refractivity contribution < 1.29 is 15.0 Å². The molecule has 0 aromatic heterocycles. The number of hydrogen-bond donors (Lipinski definition) is 3. The Labute approximate surface area is 104 Å². The second-order valence-corrected chi connectivity index (χ2v) is 4.77. The molecule has 1 aliphatic rings. The van der Waals surface area contributed by atoms with Crippen molar-refractivity contribution in [2.75, 3.05) is 0 Å². The normalized spacial score (nSPS) is 33.8. The number of rotatable bonds is 1. The zero-order valence-electron chi connectivity index (χ0n) is 9.14. The zero-order chi connectivity index (χ0) is 12.6. The van der Waals surface area contributed by atoms with Crippen LogP contribution in [0.3, 0.4) is 0 Å². The van der Waals surface area contributed by atoms with Gasteiger partial charge in [-0.15, -0.1) is 0 Å². The molecule has 0 saturated heterocycles. The third-order valence-corrected chi connectivity index (χ3v) is 3.59. The lowest BCUT2D eigenvalue weighted by Crippen LogP contribution is -2.57. The van der Waals surface area contributed by atoms with Crippen molar-refractivity contribution in [2.45, 2.75) is 30.6 Å². The van der Waals surface area contributed by atoms with Crippen LogP contribution in [0.1, 0.15) is 18.4 Å². The molecule has 2 rings (SSSR count). The predicted molar refractivity (Wildman–Crippen MR) is 63.6 cm³/mol. The highest BCUT2D eigenvalue weighted by Gasteiger charge is 2.47. The first-order chi connectivity index (χ1) is 7.97. The van der Waals surface area contributed by atoms with Gasteiger partial charge in [0.05, 0.1) is 6.10 Å². The van der Waals surface area contributed by atoms with Crippen LogP contribution in [0.25, 0.3) is 0 Å². The minimum Gasteiger partial charge on any atom is -0.390 e. The predicted octanol–water partition coefficient (Wildman–Crippen LogP) is 0.579. The SMILES string of the molecule is NC1(c2ccccc2Cl)CCC(O)C(O)C1=O. The Bertz CT molecular complexity index is 451. The summed E-state index contributed by atoms with van der Waals surface area (Å²) in [7, 11) is 0. The monoisotopic (exact) mass is 255 g/mol. The number of carbonyl (C=O) groups excluding carboxylic acids is 1. The topological polar surface area (TPSA) is 83.6 Å². The molecule has 92 valence electrons. The van der Waals surface area contributed by atoms with E-state index in [9.17, 15) is 15.0 Å². The highest BCUT2D eigenvalue weighted by atomic mass is 35.5. The number of benzene rings is 1. The van der Waals surface area contributed by atoms with E-state index < -0.39 is 23.5 Å². The average molecular weight is 256 g/mol. The van der Waals surface area contributed by atoms with Crippen LogP contribution in [0.2, 0.25) is 5.02 Å². The van der Waals surface area contributed by atoms with Crippen LogP contribution >= 0.6 is 11.6 Å². The quantitative estimate of drug-likeness (QED) is 0.685. The summed E-state index contributed by atoms with van der Waals surface area (Å²) in [6.45, 7) is 0. The maximum absolute atomic E-state index is 12.0. The molecule has 1 aromatic carbocycles. The standard InChI is InChI=1S/C12H14ClNO3/c13-8-4-2-1-3-7(8)12(14)6-5-9(15)10(16)11(12)17/h1-4,9-10,15-16H,5-6,14H2. The third kappa shape index (κ3) is 1.98. The molecule has 1 aliphatic carbocycles. The molecule has 0 amide bonds. The van der Waals surface area contributed by atoms with Gasteiger partial charge >= 0.3 is 0 Å². The van der Waals surface area contributed by atoms with Crippen LogP contribution < -0.4 is 5.73 Å². The first-order valence-electron chi connectivity index (χ1n) is 5.41. The van der Waals surface area contributed by atoms with Gasteiger partial charge in [0.1, 0.15) is 11.6 Å². The van der Waals surface area contributed by atoms with Gasteiger partial charge in [-0.3, -0.25) is 4.79 Å². The van der Waals surface area contributed by atoms with E-state index >= 15 is 0 Å². The Morgan fingerprint density at radius 1 is 1.35 bits per heavy atom. The van der Waals surface area contributed by atoms with E-state index in [0.717, 1.165) is 0 Å². The zero-order valence-corrected chi connectivity index (χ0v) is 9.89. The molecule has 0 heterocycles. The lowest BCUT2D eigenvalue weighted by Gasteiger charge is -2.37. The van der Waals surface area contributed by atoms with Gasteiger partial charge in [0.15, 0.2) is 5.78 Å². The number of ketones is 1. The summed E-state index contributed by atoms with van der Waals surface area (Å²) >= 11 is 6.02. The summed E-state index contributed by atoms with van der Waals surface area (Å²) in [5.41, 5.74) is 5.26. The van der Waals surface area contributed by atoms with Crippen molar-refractivity contribution in [3.05, 3.63) is 34.9 Å². The van der Waals surface area contributed by atoms with Crippen molar-refractivity contribution in [2.24, 2.45) is 5.73 Å². The minimum absolute atomic E-state index is 0.272. The number of aliphatic hydroxyl groups is 2. The number of halogens is 1. The Morgan fingerprint density at radius 3 is 2.65 bits per heavy atom. The second kappa shape index (κ2) is 4.38. The minimum atomic E-state index is -1.44. The average Bonchev–Trinajstić information content (AvgIpc) is 2.32. The van der Waals surface area contributed by atoms with E-state index in [1.165, 1.54) is 0 Å². The Morgan fingerprint density at radius 2 is 2.00 bits per heavy atom. The molecule has 4 nitrogen and oxygen atoms in total. The molecule has 17 heavy (non-hydrogen) atoms. The van der Waals surface area contributed by atoms with E-state index in [2.05, 4.69) is 0 Å². The van der Waals surface area contributed by atoms with Crippen molar-refractivity contribution in [3.8, 4) is 0 Å². The lowest BCUT2D eigenvalue weighted by atomic mass is 9.74. The third-order valence-electron chi connectivity index (χ3n) is 3.26. The fourth-order valence-corrected chi connectivity index (χ4v) is 2.49. The summed E-state index contributed by atoms with van der Waals surface area (Å²) in [6, 6.07) is 6.80. The van der Waals surface area contributed by atoms with Crippen molar-refractivity contribution in [3.63, 3.8) is 0 Å². The molecule has 4 N–H and O–H groups in total. The van der Waals surface area contributed by atoms with E-state index in [1.807, 2.05) is 0 Å². The van der Waals surface area contributed by atoms with Crippen molar-refractivity contribution >= 4 is 17.4 Å². The molecule has 5 heteroatoms. The molecule has 1 aromatic rings. The van der Waals surface area contributed by atoms with E-state index in [1.54, 1.807) is 24.3 Å². The number of carbonyl (C=O) groups is 1. The summed E-state index contributed by atoms with van der Waals surface area (Å²) in [5.74, 6) is -0.579. The number of nitrogens with two attached hydrogens (primary N) is 1. The summed E-state index contributed by atoms with van der Waals surface area (Å²) in [4.78, 5) is 12.0. The van der Waals surface area contributed by atoms with E-state index in [-0.39, 0.29) is 12.8 Å². The number of aliphatic hydroxyl groups excluding tert-OH is 2. The molecule has 3 atom stereocenters. The van der Waals surface area contributed by atoms with Gasteiger partial charge in [-0.05, 0) is 24.5 Å². The molecule has 1 fully saturated rings. The number of Topliss-reactive ketones (excluding diaryl/α,β-unsaturated/α-hetero) is 1. The Balaban J connectivity index is 2.43. The molecule has 0 spiro atoms. The second-order valence-electron chi connectivity index (χ2n) is 4.37. The van der Waals surface area contributed by atoms with Crippen LogP contribution in [-0.2, 0) is 10.3 Å². The summed E-state index contributed by atoms with van der Waals surface area (Å²) < 4.78 is 0. The molecule has 0 bridgehead atoms. The molecule has 0 aliphatic heterocycles. The molecular weight excluding hydrogens is 242 g/mol. The summed E-state index contributed by atoms with van der Waals surface area (Å²) in [5, 5.41) is 19.4. The smallest absolute Gasteiger partial charge is 0.188 e. The first-order valence-corrected chi connectivity index (χ1v) is 5.79. The Hall–Kier alpha value is -0.940. The molecule has 0 radical (unpaired) electrons. The fraction of sp³-hybridized carbons (Fsp3) is 0.417. The van der Waals surface area contributed by atoms with E-state index in [0.29, 0.717) is 10.6 Å². The van der Waals surface area contributed by atoms with Crippen LogP contribution in [0.4, 0.5) is 0 Å². The van der Waals surface area contributed by atoms with Crippen LogP contribution in [0.5, 0.6) is 0 Å². The van der Waals surface area contributed by atoms with Crippen LogP contribution in [0.15, 0.2) is 24.3 Å². The molecular formula is C12H14ClNO3. The fourth-order valence-electron chi connectivity index (χ4n) is 2.19. The van der Waals surface area contributed by atoms with Gasteiger partial charge in [-0.1, -0.05) is 29.8 Å². The molecule has 1 saturated carbocycles. The van der Waals surface area contributed by atoms with Crippen molar-refractivity contribution in [1.82, 2.24) is 0 Å². The Kier molecular flexibility index (Phi) is 3.23. The molecule has 3 unspecified atom stereocenters. The highest BCUT2D eigenvalue weighted by molar-refractivity contribution is 6.31. The van der Waals surface area contributed by atoms with Gasteiger partial charge in [0.2, 0.25) is 0 Å². The van der Waals surface area contributed by atoms with Gasteiger partial charge < -0.3 is 15.9 Å². The van der Waals surface area contributed by atoms with Crippen LogP contribution in [-0.4, -0.2) is 28.2 Å². The first kappa shape index (κ1) is 12.5. The van der Waals surface area contributed by atoms with Gasteiger partial charge in [0, 0.05) is 5.02 Å². The number of hydrogen-bond acceptors (Lipinski definition) is 4.